The SMILES string of the molecule is CCOC(=O)C[N+]12C=CSC1=NN=C2c1ccccc1. The zero-order valence-electron chi connectivity index (χ0n) is 11.0. The Morgan fingerprint density at radius 1 is 1.30 bits per heavy atom. The van der Waals surface area contributed by atoms with Gasteiger partial charge in [-0.2, -0.15) is 4.48 Å². The lowest BCUT2D eigenvalue weighted by molar-refractivity contribution is -0.670. The lowest BCUT2D eigenvalue weighted by atomic mass is 10.1. The number of quaternary nitrogens is 1. The van der Waals surface area contributed by atoms with Crippen LogP contribution in [0.3, 0.4) is 0 Å². The van der Waals surface area contributed by atoms with Gasteiger partial charge in [0.15, 0.2) is 6.54 Å². The Morgan fingerprint density at radius 2 is 2.10 bits per heavy atom. The molecule has 0 bridgehead atoms. The molecule has 1 atom stereocenters. The predicted molar refractivity (Wildman–Crippen MR) is 78.9 cm³/mol. The number of nitrogens with zero attached hydrogens (tertiary/aromatic N) is 3. The molecule has 0 fully saturated rings. The van der Waals surface area contributed by atoms with Crippen molar-refractivity contribution in [2.45, 2.75) is 6.92 Å². The average molecular weight is 288 g/mol. The quantitative estimate of drug-likeness (QED) is 0.631. The molecule has 3 rings (SSSR count). The summed E-state index contributed by atoms with van der Waals surface area (Å²) in [4.78, 5) is 11.9. The molecule has 2 heterocycles. The average Bonchev–Trinajstić information content (AvgIpc) is 2.97. The number of carbonyl (C=O) groups excluding carboxylic acids is 1. The summed E-state index contributed by atoms with van der Waals surface area (Å²) in [7, 11) is 0. The zero-order chi connectivity index (χ0) is 14.0. The van der Waals surface area contributed by atoms with Crippen molar-refractivity contribution in [3.05, 3.63) is 47.5 Å². The summed E-state index contributed by atoms with van der Waals surface area (Å²) in [6, 6.07) is 9.79. The van der Waals surface area contributed by atoms with E-state index in [4.69, 9.17) is 4.74 Å². The number of thioether (sulfide) groups is 1. The van der Waals surface area contributed by atoms with E-state index in [1.54, 1.807) is 6.92 Å². The molecular formula is C14H14N3O2S+. The van der Waals surface area contributed by atoms with E-state index in [0.717, 1.165) is 16.6 Å². The topological polar surface area (TPSA) is 51.0 Å². The molecule has 5 nitrogen and oxygen atoms in total. The number of rotatable bonds is 4. The Morgan fingerprint density at radius 3 is 2.85 bits per heavy atom. The van der Waals surface area contributed by atoms with Crippen LogP contribution in [0, 0.1) is 0 Å². The van der Waals surface area contributed by atoms with E-state index in [1.807, 2.05) is 41.9 Å². The summed E-state index contributed by atoms with van der Waals surface area (Å²) in [5.74, 6) is 0.507. The van der Waals surface area contributed by atoms with Crippen molar-refractivity contribution >= 4 is 28.7 Å². The minimum Gasteiger partial charge on any atom is -0.462 e. The van der Waals surface area contributed by atoms with Gasteiger partial charge in [0.25, 0.3) is 11.0 Å². The van der Waals surface area contributed by atoms with Crippen molar-refractivity contribution in [2.24, 2.45) is 10.2 Å². The third-order valence-corrected chi connectivity index (χ3v) is 4.03. The fourth-order valence-electron chi connectivity index (χ4n) is 2.27. The first-order valence-corrected chi connectivity index (χ1v) is 7.24. The number of ether oxygens (including phenoxy) is 1. The monoisotopic (exact) mass is 288 g/mol. The Kier molecular flexibility index (Phi) is 3.42. The number of carbonyl (C=O) groups is 1. The summed E-state index contributed by atoms with van der Waals surface area (Å²) in [5, 5.41) is 11.2. The Labute approximate surface area is 121 Å². The van der Waals surface area contributed by atoms with Crippen molar-refractivity contribution in [3.8, 4) is 0 Å². The van der Waals surface area contributed by atoms with Gasteiger partial charge in [-0.25, -0.2) is 4.79 Å². The Balaban J connectivity index is 1.96. The second-order valence-corrected chi connectivity index (χ2v) is 5.28. The maximum Gasteiger partial charge on any atom is 0.363 e. The van der Waals surface area contributed by atoms with E-state index >= 15 is 0 Å². The highest BCUT2D eigenvalue weighted by molar-refractivity contribution is 8.16. The Bertz CT molecular complexity index is 625. The van der Waals surface area contributed by atoms with E-state index in [-0.39, 0.29) is 17.0 Å². The number of esters is 1. The molecular weight excluding hydrogens is 274 g/mol. The standard InChI is InChI=1S/C14H14N3O2S/c1-2-19-12(18)10-17-8-9-20-14(17)16-15-13(17)11-6-4-3-5-7-11/h3-9H,2,10H2,1H3/q+1. The number of fused-ring (bicyclic) bond motifs is 1. The molecule has 0 saturated heterocycles. The van der Waals surface area contributed by atoms with Crippen LogP contribution in [-0.4, -0.2) is 34.6 Å². The van der Waals surface area contributed by atoms with Crippen LogP contribution in [0.4, 0.5) is 0 Å². The molecule has 1 aromatic carbocycles. The second kappa shape index (κ2) is 5.22. The normalized spacial score (nSPS) is 23.2. The number of amidine groups is 2. The van der Waals surface area contributed by atoms with Gasteiger partial charge in [-0.15, -0.1) is 0 Å². The van der Waals surface area contributed by atoms with Crippen LogP contribution < -0.4 is 0 Å². The van der Waals surface area contributed by atoms with E-state index in [2.05, 4.69) is 10.2 Å². The van der Waals surface area contributed by atoms with Gasteiger partial charge in [0.1, 0.15) is 6.20 Å². The van der Waals surface area contributed by atoms with Crippen LogP contribution in [-0.2, 0) is 9.53 Å². The van der Waals surface area contributed by atoms with Crippen LogP contribution in [0.15, 0.2) is 52.1 Å². The van der Waals surface area contributed by atoms with Crippen LogP contribution >= 0.6 is 11.8 Å². The summed E-state index contributed by atoms with van der Waals surface area (Å²) in [6.07, 6.45) is 1.94. The van der Waals surface area contributed by atoms with E-state index in [9.17, 15) is 4.79 Å². The van der Waals surface area contributed by atoms with Gasteiger partial charge >= 0.3 is 5.97 Å². The number of hydrogen-bond acceptors (Lipinski definition) is 5. The van der Waals surface area contributed by atoms with E-state index in [0.29, 0.717) is 6.61 Å². The molecule has 0 radical (unpaired) electrons. The minimum atomic E-state index is -0.252. The fraction of sp³-hybridized carbons (Fsp3) is 0.214. The first-order valence-electron chi connectivity index (χ1n) is 6.36. The summed E-state index contributed by atoms with van der Waals surface area (Å²) in [6.45, 7) is 2.36. The van der Waals surface area contributed by atoms with Crippen molar-refractivity contribution in [1.82, 2.24) is 0 Å². The summed E-state index contributed by atoms with van der Waals surface area (Å²) >= 11 is 1.49. The lowest BCUT2D eigenvalue weighted by Gasteiger charge is -2.25. The third kappa shape index (κ3) is 2.07. The van der Waals surface area contributed by atoms with E-state index in [1.165, 1.54) is 11.8 Å². The van der Waals surface area contributed by atoms with Gasteiger partial charge in [-0.05, 0) is 30.8 Å². The maximum atomic E-state index is 11.9. The molecule has 1 aromatic rings. The first-order chi connectivity index (χ1) is 9.76. The highest BCUT2D eigenvalue weighted by Crippen LogP contribution is 2.35. The third-order valence-electron chi connectivity index (χ3n) is 3.15. The molecule has 102 valence electrons. The molecule has 20 heavy (non-hydrogen) atoms. The molecule has 0 saturated carbocycles. The molecule has 0 aromatic heterocycles. The summed E-state index contributed by atoms with van der Waals surface area (Å²) < 4.78 is 5.31. The summed E-state index contributed by atoms with van der Waals surface area (Å²) in [5.41, 5.74) is 0.961. The van der Waals surface area contributed by atoms with Crippen molar-refractivity contribution in [1.29, 1.82) is 0 Å². The minimum absolute atomic E-state index is 0.184. The van der Waals surface area contributed by atoms with Crippen LogP contribution in [0.2, 0.25) is 0 Å². The molecule has 0 aliphatic carbocycles. The van der Waals surface area contributed by atoms with E-state index < -0.39 is 0 Å². The molecule has 6 heteroatoms. The van der Waals surface area contributed by atoms with Gasteiger partial charge in [0, 0.05) is 5.41 Å². The van der Waals surface area contributed by atoms with Gasteiger partial charge in [-0.3, -0.25) is 0 Å². The number of hydrogen-bond donors (Lipinski definition) is 0. The van der Waals surface area contributed by atoms with Gasteiger partial charge in [0.2, 0.25) is 0 Å². The van der Waals surface area contributed by atoms with Crippen molar-refractivity contribution in [3.63, 3.8) is 0 Å². The van der Waals surface area contributed by atoms with Crippen molar-refractivity contribution in [2.75, 3.05) is 13.2 Å². The molecule has 0 amide bonds. The fourth-order valence-corrected chi connectivity index (χ4v) is 3.15. The second-order valence-electron chi connectivity index (χ2n) is 4.41. The largest absolute Gasteiger partial charge is 0.462 e. The van der Waals surface area contributed by atoms with Crippen LogP contribution in [0.1, 0.15) is 12.5 Å². The van der Waals surface area contributed by atoms with Crippen LogP contribution in [0.5, 0.6) is 0 Å². The molecule has 0 N–H and O–H groups in total. The molecule has 2 aliphatic rings. The zero-order valence-corrected chi connectivity index (χ0v) is 11.8. The van der Waals surface area contributed by atoms with Crippen molar-refractivity contribution < 1.29 is 14.0 Å². The first kappa shape index (κ1) is 13.1. The number of benzene rings is 1. The van der Waals surface area contributed by atoms with Crippen LogP contribution in [0.25, 0.3) is 0 Å². The van der Waals surface area contributed by atoms with Gasteiger partial charge < -0.3 is 4.74 Å². The highest BCUT2D eigenvalue weighted by Gasteiger charge is 2.49. The molecule has 2 aliphatic heterocycles. The smallest absolute Gasteiger partial charge is 0.363 e. The molecule has 1 unspecified atom stereocenters. The Hall–Kier alpha value is -1.92. The molecule has 0 spiro atoms. The predicted octanol–water partition coefficient (Wildman–Crippen LogP) is 2.32. The van der Waals surface area contributed by atoms with Gasteiger partial charge in [0.05, 0.1) is 12.2 Å². The maximum absolute atomic E-state index is 11.9. The highest BCUT2D eigenvalue weighted by atomic mass is 32.2. The van der Waals surface area contributed by atoms with Gasteiger partial charge in [-0.1, -0.05) is 28.4 Å². The lowest BCUT2D eigenvalue weighted by Crippen LogP contribution is -2.51.